The maximum Gasteiger partial charge on any atom is 0.410 e. The minimum atomic E-state index is -1.12. The molecule has 1 aliphatic carbocycles. The second-order valence-electron chi connectivity index (χ2n) is 9.29. The zero-order valence-electron chi connectivity index (χ0n) is 17.9. The second-order valence-corrected chi connectivity index (χ2v) is 10.8. The van der Waals surface area contributed by atoms with E-state index >= 15 is 0 Å². The first-order chi connectivity index (χ1) is 14.2. The lowest BCUT2D eigenvalue weighted by molar-refractivity contribution is 0.0270. The van der Waals surface area contributed by atoms with E-state index in [2.05, 4.69) is 5.32 Å². The first-order valence-corrected chi connectivity index (χ1v) is 11.9. The van der Waals surface area contributed by atoms with E-state index in [0.717, 1.165) is 30.5 Å². The zero-order valence-corrected chi connectivity index (χ0v) is 18.7. The zero-order chi connectivity index (χ0) is 21.5. The van der Waals surface area contributed by atoms with Crippen molar-refractivity contribution in [3.8, 4) is 0 Å². The molecule has 9 heteroatoms. The number of hydrogen-bond donors (Lipinski definition) is 2. The molecule has 1 atom stereocenters. The molecule has 1 aromatic heterocycles. The molecule has 1 aromatic rings. The van der Waals surface area contributed by atoms with E-state index in [0.29, 0.717) is 48.2 Å². The van der Waals surface area contributed by atoms with Crippen LogP contribution in [0.5, 0.6) is 0 Å². The molecule has 0 saturated heterocycles. The number of aliphatic hydroxyl groups excluding tert-OH is 1. The van der Waals surface area contributed by atoms with Crippen molar-refractivity contribution in [2.24, 2.45) is 0 Å². The maximum absolute atomic E-state index is 12.5. The number of nitrogens with zero attached hydrogens (tertiary/aromatic N) is 3. The molecule has 8 nitrogen and oxygen atoms in total. The fraction of sp³-hybridized carbons (Fsp3) is 0.667. The number of carbonyl (C=O) groups is 1. The van der Waals surface area contributed by atoms with Crippen molar-refractivity contribution in [1.82, 2.24) is 14.9 Å². The van der Waals surface area contributed by atoms with Gasteiger partial charge in [-0.15, -0.1) is 0 Å². The average Bonchev–Trinajstić information content (AvgIpc) is 3.04. The highest BCUT2D eigenvalue weighted by atomic mass is 32.2. The van der Waals surface area contributed by atoms with E-state index < -0.39 is 16.4 Å². The molecule has 30 heavy (non-hydrogen) atoms. The van der Waals surface area contributed by atoms with Crippen LogP contribution in [0.1, 0.15) is 58.0 Å². The number of aryl methyl sites for hydroxylation is 1. The summed E-state index contributed by atoms with van der Waals surface area (Å²) in [5.74, 6) is 1.76. The molecule has 0 spiro atoms. The van der Waals surface area contributed by atoms with E-state index in [1.54, 1.807) is 4.90 Å². The van der Waals surface area contributed by atoms with E-state index in [1.165, 1.54) is 0 Å². The van der Waals surface area contributed by atoms with Gasteiger partial charge in [-0.05, 0) is 52.0 Å². The summed E-state index contributed by atoms with van der Waals surface area (Å²) in [5, 5.41) is 13.2. The van der Waals surface area contributed by atoms with Gasteiger partial charge in [-0.1, -0.05) is 6.08 Å². The average molecular weight is 435 g/mol. The molecule has 1 unspecified atom stereocenters. The van der Waals surface area contributed by atoms with Crippen LogP contribution in [0.4, 0.5) is 10.6 Å². The molecule has 3 aliphatic rings. The first kappa shape index (κ1) is 21.2. The summed E-state index contributed by atoms with van der Waals surface area (Å²) in [7, 11) is -1.12. The second kappa shape index (κ2) is 7.92. The predicted molar refractivity (Wildman–Crippen MR) is 115 cm³/mol. The Morgan fingerprint density at radius 1 is 1.33 bits per heavy atom. The molecular formula is C21H30N4O4S. The number of aromatic nitrogens is 2. The van der Waals surface area contributed by atoms with Gasteiger partial charge in [0.25, 0.3) is 0 Å². The molecule has 0 bridgehead atoms. The summed E-state index contributed by atoms with van der Waals surface area (Å²) in [4.78, 5) is 24.1. The molecule has 0 radical (unpaired) electrons. The standard InChI is InChI=1S/C21H30N4O4S/c1-20(2,3)29-19(27)25-10-5-14(6-11-25)17-22-15-7-12-30(28)16(15)18(23-17)24-21(13-26)8-4-9-21/h5,26H,4,6-13H2,1-3H3,(H,22,23,24). The largest absolute Gasteiger partial charge is 0.444 e. The van der Waals surface area contributed by atoms with Gasteiger partial charge in [0.2, 0.25) is 0 Å². The topological polar surface area (TPSA) is 105 Å². The van der Waals surface area contributed by atoms with E-state index in [9.17, 15) is 14.1 Å². The van der Waals surface area contributed by atoms with Gasteiger partial charge in [-0.25, -0.2) is 14.8 Å². The monoisotopic (exact) mass is 434 g/mol. The quantitative estimate of drug-likeness (QED) is 0.750. The van der Waals surface area contributed by atoms with Crippen molar-refractivity contribution < 1.29 is 18.8 Å². The van der Waals surface area contributed by atoms with Crippen molar-refractivity contribution in [1.29, 1.82) is 0 Å². The van der Waals surface area contributed by atoms with Gasteiger partial charge in [0, 0.05) is 25.3 Å². The number of fused-ring (bicyclic) bond motifs is 1. The lowest BCUT2D eigenvalue weighted by atomic mass is 9.77. The van der Waals surface area contributed by atoms with Crippen LogP contribution in [0.3, 0.4) is 0 Å². The number of anilines is 1. The number of amides is 1. The fourth-order valence-corrected chi connectivity index (χ4v) is 5.27. The number of nitrogens with one attached hydrogen (secondary N) is 1. The third-order valence-corrected chi connectivity index (χ3v) is 7.29. The molecule has 0 aromatic carbocycles. The van der Waals surface area contributed by atoms with Gasteiger partial charge in [0.05, 0.1) is 28.6 Å². The highest BCUT2D eigenvalue weighted by Crippen LogP contribution is 2.38. The Kier molecular flexibility index (Phi) is 5.61. The highest BCUT2D eigenvalue weighted by Gasteiger charge is 2.39. The van der Waals surface area contributed by atoms with Crippen LogP contribution in [-0.4, -0.2) is 66.9 Å². The molecule has 2 N–H and O–H groups in total. The van der Waals surface area contributed by atoms with Crippen molar-refractivity contribution in [3.63, 3.8) is 0 Å². The lowest BCUT2D eigenvalue weighted by Crippen LogP contribution is -2.48. The fourth-order valence-electron chi connectivity index (χ4n) is 3.97. The molecule has 1 saturated carbocycles. The summed E-state index contributed by atoms with van der Waals surface area (Å²) >= 11 is 0. The van der Waals surface area contributed by atoms with Gasteiger partial charge < -0.3 is 20.1 Å². The van der Waals surface area contributed by atoms with Crippen LogP contribution in [0, 0.1) is 0 Å². The van der Waals surface area contributed by atoms with Crippen molar-refractivity contribution in [2.45, 2.75) is 68.9 Å². The molecule has 164 valence electrons. The lowest BCUT2D eigenvalue weighted by Gasteiger charge is -2.41. The Labute approximate surface area is 179 Å². The first-order valence-electron chi connectivity index (χ1n) is 10.6. The minimum Gasteiger partial charge on any atom is -0.444 e. The van der Waals surface area contributed by atoms with Crippen molar-refractivity contribution >= 4 is 28.3 Å². The van der Waals surface area contributed by atoms with Gasteiger partial charge in [0.1, 0.15) is 16.3 Å². The van der Waals surface area contributed by atoms with Crippen LogP contribution in [0.2, 0.25) is 0 Å². The number of rotatable bonds is 4. The van der Waals surface area contributed by atoms with Gasteiger partial charge in [-0.3, -0.25) is 4.21 Å². The van der Waals surface area contributed by atoms with E-state index in [1.807, 2.05) is 26.8 Å². The smallest absolute Gasteiger partial charge is 0.410 e. The SMILES string of the molecule is CC(C)(C)OC(=O)N1CC=C(c2nc3c(c(NC4(CO)CCC4)n2)S(=O)CC3)CC1. The molecule has 1 fully saturated rings. The number of hydrogen-bond acceptors (Lipinski definition) is 7. The molecule has 1 amide bonds. The Balaban J connectivity index is 1.57. The Hall–Kier alpha value is -2.00. The molecule has 2 aliphatic heterocycles. The summed E-state index contributed by atoms with van der Waals surface area (Å²) in [6, 6.07) is 0. The van der Waals surface area contributed by atoms with Crippen LogP contribution in [0.25, 0.3) is 5.57 Å². The number of ether oxygens (including phenoxy) is 1. The van der Waals surface area contributed by atoms with Crippen LogP contribution in [0.15, 0.2) is 11.0 Å². The molecular weight excluding hydrogens is 404 g/mol. The Bertz CT molecular complexity index is 899. The van der Waals surface area contributed by atoms with Crippen molar-refractivity contribution in [3.05, 3.63) is 17.6 Å². The Morgan fingerprint density at radius 3 is 2.67 bits per heavy atom. The van der Waals surface area contributed by atoms with Gasteiger partial charge in [0.15, 0.2) is 5.82 Å². The van der Waals surface area contributed by atoms with Crippen LogP contribution >= 0.6 is 0 Å². The predicted octanol–water partition coefficient (Wildman–Crippen LogP) is 2.49. The summed E-state index contributed by atoms with van der Waals surface area (Å²) in [5.41, 5.74) is 0.902. The third-order valence-electron chi connectivity index (χ3n) is 5.83. The van der Waals surface area contributed by atoms with Crippen LogP contribution in [-0.2, 0) is 22.0 Å². The maximum atomic E-state index is 12.5. The van der Waals surface area contributed by atoms with Crippen molar-refractivity contribution in [2.75, 3.05) is 30.8 Å². The molecule has 4 rings (SSSR count). The summed E-state index contributed by atoms with van der Waals surface area (Å²) in [6.07, 6.45) is 5.75. The number of aliphatic hydroxyl groups is 1. The number of carbonyl (C=O) groups excluding carboxylic acids is 1. The Morgan fingerprint density at radius 2 is 2.10 bits per heavy atom. The van der Waals surface area contributed by atoms with Gasteiger partial charge in [-0.2, -0.15) is 0 Å². The summed E-state index contributed by atoms with van der Waals surface area (Å²) in [6.45, 7) is 6.58. The van der Waals surface area contributed by atoms with E-state index in [4.69, 9.17) is 14.7 Å². The minimum absolute atomic E-state index is 0.0291. The van der Waals surface area contributed by atoms with Gasteiger partial charge >= 0.3 is 6.09 Å². The summed E-state index contributed by atoms with van der Waals surface area (Å²) < 4.78 is 18.0. The normalized spacial score (nSPS) is 22.7. The third kappa shape index (κ3) is 4.23. The van der Waals surface area contributed by atoms with Crippen LogP contribution < -0.4 is 5.32 Å². The molecule has 3 heterocycles. The highest BCUT2D eigenvalue weighted by molar-refractivity contribution is 7.85. The van der Waals surface area contributed by atoms with E-state index in [-0.39, 0.29) is 18.2 Å².